The van der Waals surface area contributed by atoms with Gasteiger partial charge in [-0.15, -0.1) is 0 Å². The van der Waals surface area contributed by atoms with E-state index >= 15 is 0 Å². The minimum Gasteiger partial charge on any atom is -0.475 e. The maximum Gasteiger partial charge on any atom is 0.490 e. The van der Waals surface area contributed by atoms with Crippen molar-refractivity contribution in [3.05, 3.63) is 52.1 Å². The summed E-state index contributed by atoms with van der Waals surface area (Å²) in [4.78, 5) is 25.0. The van der Waals surface area contributed by atoms with Crippen molar-refractivity contribution in [2.45, 2.75) is 89.5 Å². The van der Waals surface area contributed by atoms with Crippen molar-refractivity contribution in [2.24, 2.45) is 16.3 Å². The summed E-state index contributed by atoms with van der Waals surface area (Å²) in [5, 5.41) is 58.0. The summed E-state index contributed by atoms with van der Waals surface area (Å²) in [6.07, 6.45) is -8.06. The molecule has 0 radical (unpaired) electrons. The highest BCUT2D eigenvalue weighted by molar-refractivity contribution is 5.97. The number of halogens is 6. The molecule has 4 aliphatic heterocycles. The van der Waals surface area contributed by atoms with Gasteiger partial charge in [0, 0.05) is 31.6 Å². The number of carboxylic acid groups (broad SMARTS) is 2. The molecular formula is C36H49F6N3O10. The molecule has 19 heteroatoms. The first-order chi connectivity index (χ1) is 25.6. The number of aliphatic imine (C=N–C) groups is 1. The zero-order valence-electron chi connectivity index (χ0n) is 30.6. The second-order valence-electron chi connectivity index (χ2n) is 14.2. The summed E-state index contributed by atoms with van der Waals surface area (Å²) in [6, 6.07) is 6.51. The van der Waals surface area contributed by atoms with Crippen molar-refractivity contribution < 1.29 is 76.0 Å². The molecule has 3 saturated heterocycles. The number of aliphatic carboxylic acids is 2. The second kappa shape index (κ2) is 19.5. The maximum atomic E-state index is 10.6. The van der Waals surface area contributed by atoms with Gasteiger partial charge in [-0.2, -0.15) is 26.3 Å². The normalized spacial score (nSPS) is 25.5. The molecule has 1 aromatic rings. The fourth-order valence-electron chi connectivity index (χ4n) is 6.36. The largest absolute Gasteiger partial charge is 0.490 e. The molecule has 0 aliphatic carbocycles. The fraction of sp³-hybridized carbons (Fsp3) is 0.639. The molecule has 13 nitrogen and oxygen atoms in total. The number of alkyl halides is 6. The summed E-state index contributed by atoms with van der Waals surface area (Å²) < 4.78 is 75.1. The topological polar surface area (TPSA) is 202 Å². The number of aryl methyl sites for hydroxylation is 1. The van der Waals surface area contributed by atoms with E-state index in [9.17, 15) is 46.8 Å². The summed E-state index contributed by atoms with van der Waals surface area (Å²) in [5.74, 6) is -4.89. The Morgan fingerprint density at radius 3 is 2.07 bits per heavy atom. The quantitative estimate of drug-likeness (QED) is 0.181. The highest BCUT2D eigenvalue weighted by atomic mass is 19.4. The van der Waals surface area contributed by atoms with E-state index in [4.69, 9.17) is 29.3 Å². The van der Waals surface area contributed by atoms with Crippen LogP contribution < -0.4 is 5.32 Å². The zero-order valence-corrected chi connectivity index (χ0v) is 30.6. The third-order valence-electron chi connectivity index (χ3n) is 9.87. The highest BCUT2D eigenvalue weighted by Crippen LogP contribution is 2.35. The first kappa shape index (κ1) is 45.8. The lowest BCUT2D eigenvalue weighted by Gasteiger charge is -2.48. The standard InChI is InChI=1S/C32H47N3O6.2C2HF3O2/c1-20(2)25-16-34-30(41-31-29(39)28(38)27(37)26(17-36)40-31)24(25)15-23-8-7-22(14-21(23)3)6-4-5-11-35-12-9-32(10-13-35)18-33-19-32;2*3-2(4,5)1(6)7/h4,6-8,14,20,26-29,31,33,36-39H,5,9-13,15-19H2,1-3H3;2*(H,6,7)/b6-4+;;/t26-,27-,28+,29-,31+;;/m1../s1. The molecule has 0 unspecified atom stereocenters. The number of aliphatic hydroxyl groups is 4. The molecule has 7 N–H and O–H groups in total. The van der Waals surface area contributed by atoms with Crippen LogP contribution in [0.15, 0.2) is 40.4 Å². The van der Waals surface area contributed by atoms with Crippen molar-refractivity contribution in [1.82, 2.24) is 10.2 Å². The summed E-state index contributed by atoms with van der Waals surface area (Å²) in [7, 11) is 0. The van der Waals surface area contributed by atoms with Crippen LogP contribution in [0.5, 0.6) is 0 Å². The van der Waals surface area contributed by atoms with E-state index in [0.29, 0.717) is 24.3 Å². The number of aliphatic hydroxyl groups excluding tert-OH is 4. The van der Waals surface area contributed by atoms with E-state index in [1.165, 1.54) is 50.1 Å². The highest BCUT2D eigenvalue weighted by Gasteiger charge is 2.46. The molecule has 1 aromatic carbocycles. The lowest BCUT2D eigenvalue weighted by Crippen LogP contribution is -2.59. The minimum absolute atomic E-state index is 0.253. The Labute approximate surface area is 314 Å². The molecule has 1 spiro atoms. The van der Waals surface area contributed by atoms with Crippen LogP contribution in [0, 0.1) is 18.3 Å². The number of nitrogens with zero attached hydrogens (tertiary/aromatic N) is 2. The number of rotatable bonds is 9. The fourth-order valence-corrected chi connectivity index (χ4v) is 6.36. The van der Waals surface area contributed by atoms with Gasteiger partial charge in [-0.25, -0.2) is 14.6 Å². The van der Waals surface area contributed by atoms with Crippen LogP contribution in [0.1, 0.15) is 49.8 Å². The van der Waals surface area contributed by atoms with Crippen LogP contribution in [-0.2, 0) is 25.5 Å². The Balaban J connectivity index is 0.000000494. The number of hydrogen-bond donors (Lipinski definition) is 7. The Morgan fingerprint density at radius 1 is 1.02 bits per heavy atom. The first-order valence-electron chi connectivity index (χ1n) is 17.6. The summed E-state index contributed by atoms with van der Waals surface area (Å²) in [5.41, 5.74) is 6.22. The molecule has 3 fully saturated rings. The molecule has 55 heavy (non-hydrogen) atoms. The van der Waals surface area contributed by atoms with Crippen LogP contribution >= 0.6 is 0 Å². The molecule has 310 valence electrons. The van der Waals surface area contributed by atoms with E-state index in [-0.39, 0.29) is 5.92 Å². The third kappa shape index (κ3) is 13.0. The molecule has 4 heterocycles. The monoisotopic (exact) mass is 797 g/mol. The van der Waals surface area contributed by atoms with Gasteiger partial charge in [0.15, 0.2) is 0 Å². The second-order valence-corrected chi connectivity index (χ2v) is 14.2. The van der Waals surface area contributed by atoms with Crippen molar-refractivity contribution in [1.29, 1.82) is 0 Å². The number of ether oxygens (including phenoxy) is 2. The van der Waals surface area contributed by atoms with Gasteiger partial charge in [0.2, 0.25) is 12.2 Å². The third-order valence-corrected chi connectivity index (χ3v) is 9.87. The molecule has 0 amide bonds. The zero-order chi connectivity index (χ0) is 41.3. The van der Waals surface area contributed by atoms with Gasteiger partial charge < -0.3 is 50.3 Å². The van der Waals surface area contributed by atoms with E-state index in [1.807, 2.05) is 0 Å². The van der Waals surface area contributed by atoms with Crippen LogP contribution in [0.25, 0.3) is 6.08 Å². The smallest absolute Gasteiger partial charge is 0.475 e. The van der Waals surface area contributed by atoms with Gasteiger partial charge in [0.1, 0.15) is 24.4 Å². The van der Waals surface area contributed by atoms with Crippen LogP contribution in [0.3, 0.4) is 0 Å². The average Bonchev–Trinajstić information content (AvgIpc) is 3.49. The Hall–Kier alpha value is -3.59. The molecule has 4 aliphatic rings. The molecule has 5 rings (SSSR count). The Kier molecular flexibility index (Phi) is 16.3. The Bertz CT molecular complexity index is 1530. The molecular weight excluding hydrogens is 748 g/mol. The number of hydrogen-bond acceptors (Lipinski definition) is 11. The maximum absolute atomic E-state index is 10.6. The first-order valence-corrected chi connectivity index (χ1v) is 17.6. The predicted octanol–water partition coefficient (Wildman–Crippen LogP) is 3.07. The molecule has 0 saturated carbocycles. The van der Waals surface area contributed by atoms with Crippen molar-refractivity contribution >= 4 is 23.9 Å². The number of benzene rings is 1. The van der Waals surface area contributed by atoms with Crippen LogP contribution in [-0.4, -0.2) is 142 Å². The average molecular weight is 798 g/mol. The van der Waals surface area contributed by atoms with Gasteiger partial charge in [0.25, 0.3) is 0 Å². The number of carboxylic acids is 2. The summed E-state index contributed by atoms with van der Waals surface area (Å²) >= 11 is 0. The number of likely N-dealkylation sites (tertiary alicyclic amines) is 1. The lowest BCUT2D eigenvalue weighted by molar-refractivity contribution is -0.281. The van der Waals surface area contributed by atoms with E-state index in [2.05, 4.69) is 66.3 Å². The summed E-state index contributed by atoms with van der Waals surface area (Å²) in [6.45, 7) is 12.3. The van der Waals surface area contributed by atoms with Crippen LogP contribution in [0.2, 0.25) is 0 Å². The van der Waals surface area contributed by atoms with Gasteiger partial charge >= 0.3 is 24.3 Å². The number of carbonyl (C=O) groups is 2. The molecule has 5 atom stereocenters. The molecule has 0 aromatic heterocycles. The van der Waals surface area contributed by atoms with E-state index in [0.717, 1.165) is 29.7 Å². The van der Waals surface area contributed by atoms with Crippen molar-refractivity contribution in [3.8, 4) is 0 Å². The van der Waals surface area contributed by atoms with Gasteiger partial charge in [-0.3, -0.25) is 0 Å². The minimum atomic E-state index is -5.08. The predicted molar refractivity (Wildman–Crippen MR) is 186 cm³/mol. The molecule has 0 bridgehead atoms. The SMILES string of the molecule is Cc1cc(/C=C/CCN2CCC3(CC2)CNC3)ccc1CC1=C(C(C)C)CN=C1O[C@@H]1O[C@H](CO)[C@@H](O)[C@H](O)[C@H]1O.O=C(O)C(F)(F)F.O=C(O)C(F)(F)F. The van der Waals surface area contributed by atoms with Crippen molar-refractivity contribution in [2.75, 3.05) is 45.9 Å². The number of nitrogens with one attached hydrogen (secondary N) is 1. The van der Waals surface area contributed by atoms with E-state index < -0.39 is 61.6 Å². The van der Waals surface area contributed by atoms with Gasteiger partial charge in [0.05, 0.1) is 13.2 Å². The van der Waals surface area contributed by atoms with Gasteiger partial charge in [-0.1, -0.05) is 44.2 Å². The number of piperidine rings is 1. The van der Waals surface area contributed by atoms with Gasteiger partial charge in [-0.05, 0) is 72.9 Å². The van der Waals surface area contributed by atoms with Crippen molar-refractivity contribution in [3.63, 3.8) is 0 Å². The Morgan fingerprint density at radius 2 is 1.60 bits per heavy atom. The van der Waals surface area contributed by atoms with E-state index in [1.54, 1.807) is 0 Å². The van der Waals surface area contributed by atoms with Crippen LogP contribution in [0.4, 0.5) is 26.3 Å². The lowest BCUT2D eigenvalue weighted by atomic mass is 9.73.